The number of hydrogen-bond donors (Lipinski definition) is 3. The molecule has 0 fully saturated rings. The van der Waals surface area contributed by atoms with Crippen molar-refractivity contribution < 1.29 is 19.8 Å². The van der Waals surface area contributed by atoms with Crippen molar-refractivity contribution in [2.45, 2.75) is 26.9 Å². The Morgan fingerprint density at radius 3 is 2.15 bits per heavy atom. The highest BCUT2D eigenvalue weighted by molar-refractivity contribution is 5.84. The van der Waals surface area contributed by atoms with Gasteiger partial charge in [-0.1, -0.05) is 20.8 Å². The molecule has 0 aliphatic carbocycles. The van der Waals surface area contributed by atoms with Crippen molar-refractivity contribution in [3.63, 3.8) is 0 Å². The van der Waals surface area contributed by atoms with E-state index in [4.69, 9.17) is 5.11 Å². The van der Waals surface area contributed by atoms with E-state index in [1.54, 1.807) is 20.8 Å². The lowest BCUT2D eigenvalue weighted by molar-refractivity contribution is -0.141. The van der Waals surface area contributed by atoms with E-state index in [1.807, 2.05) is 0 Å². The predicted molar refractivity (Wildman–Crippen MR) is 46.1 cm³/mol. The summed E-state index contributed by atoms with van der Waals surface area (Å²) in [5.41, 5.74) is -0.581. The smallest absolute Gasteiger partial charge is 0.322 e. The summed E-state index contributed by atoms with van der Waals surface area (Å²) in [5.74, 6) is -1.79. The number of aliphatic hydroxyl groups is 1. The predicted octanol–water partition coefficient (Wildman–Crippen LogP) is -0.406. The first kappa shape index (κ1) is 11.9. The van der Waals surface area contributed by atoms with Gasteiger partial charge in [-0.05, 0) is 5.41 Å². The molecule has 5 nitrogen and oxygen atoms in total. The van der Waals surface area contributed by atoms with Crippen LogP contribution >= 0.6 is 0 Å². The Morgan fingerprint density at radius 1 is 1.38 bits per heavy atom. The van der Waals surface area contributed by atoms with E-state index in [1.165, 1.54) is 0 Å². The van der Waals surface area contributed by atoms with Gasteiger partial charge in [0, 0.05) is 0 Å². The molecule has 1 amide bonds. The minimum Gasteiger partial charge on any atom is -0.480 e. The minimum atomic E-state index is -1.19. The van der Waals surface area contributed by atoms with Gasteiger partial charge in [0.15, 0.2) is 0 Å². The van der Waals surface area contributed by atoms with Gasteiger partial charge in [0.05, 0.1) is 0 Å². The summed E-state index contributed by atoms with van der Waals surface area (Å²) < 4.78 is 0. The van der Waals surface area contributed by atoms with Crippen molar-refractivity contribution in [3.8, 4) is 0 Å². The zero-order valence-corrected chi connectivity index (χ0v) is 8.00. The first-order valence-corrected chi connectivity index (χ1v) is 3.92. The molecule has 3 N–H and O–H groups in total. The summed E-state index contributed by atoms with van der Waals surface area (Å²) in [5, 5.41) is 19.7. The van der Waals surface area contributed by atoms with Gasteiger partial charge >= 0.3 is 5.97 Å². The molecule has 0 heterocycles. The van der Waals surface area contributed by atoms with Gasteiger partial charge < -0.3 is 15.5 Å². The van der Waals surface area contributed by atoms with Crippen molar-refractivity contribution in [2.24, 2.45) is 5.41 Å². The normalized spacial score (nSPS) is 13.5. The van der Waals surface area contributed by atoms with Crippen molar-refractivity contribution in [3.05, 3.63) is 0 Å². The van der Waals surface area contributed by atoms with Crippen LogP contribution in [-0.2, 0) is 9.59 Å². The minimum absolute atomic E-state index is 0.466. The SMILES string of the molecule is CC(C)(C)[C@@H](O)C(=O)NCC(=O)O. The fraction of sp³-hybridized carbons (Fsp3) is 0.750. The monoisotopic (exact) mass is 189 g/mol. The Hall–Kier alpha value is -1.10. The number of carbonyl (C=O) groups is 2. The number of amides is 1. The summed E-state index contributed by atoms with van der Waals surface area (Å²) in [6.07, 6.45) is -1.19. The topological polar surface area (TPSA) is 86.6 Å². The molecular weight excluding hydrogens is 174 g/mol. The number of rotatable bonds is 3. The highest BCUT2D eigenvalue weighted by atomic mass is 16.4. The third-order valence-corrected chi connectivity index (χ3v) is 1.48. The van der Waals surface area contributed by atoms with Crippen LogP contribution in [0.2, 0.25) is 0 Å². The molecule has 0 radical (unpaired) electrons. The number of nitrogens with one attached hydrogen (secondary N) is 1. The van der Waals surface area contributed by atoms with Crippen LogP contribution in [0.5, 0.6) is 0 Å². The standard InChI is InChI=1S/C8H15NO4/c1-8(2,3)6(12)7(13)9-4-5(10)11/h6,12H,4H2,1-3H3,(H,9,13)(H,10,11)/t6-/m0/s1. The van der Waals surface area contributed by atoms with Gasteiger partial charge in [0.25, 0.3) is 0 Å². The maximum Gasteiger partial charge on any atom is 0.322 e. The van der Waals surface area contributed by atoms with Gasteiger partial charge in [0.1, 0.15) is 12.6 Å². The Morgan fingerprint density at radius 2 is 1.85 bits per heavy atom. The number of hydrogen-bond acceptors (Lipinski definition) is 3. The van der Waals surface area contributed by atoms with E-state index < -0.39 is 29.9 Å². The van der Waals surface area contributed by atoms with Crippen molar-refractivity contribution in [2.75, 3.05) is 6.54 Å². The fourth-order valence-corrected chi connectivity index (χ4v) is 0.653. The summed E-state index contributed by atoms with van der Waals surface area (Å²) >= 11 is 0. The highest BCUT2D eigenvalue weighted by Crippen LogP contribution is 2.18. The second-order valence-corrected chi connectivity index (χ2v) is 3.88. The lowest BCUT2D eigenvalue weighted by Gasteiger charge is -2.24. The Bertz CT molecular complexity index is 207. The molecule has 0 saturated carbocycles. The lowest BCUT2D eigenvalue weighted by atomic mass is 9.89. The maximum absolute atomic E-state index is 11.1. The number of aliphatic hydroxyl groups excluding tert-OH is 1. The van der Waals surface area contributed by atoms with E-state index in [0.29, 0.717) is 0 Å². The van der Waals surface area contributed by atoms with E-state index >= 15 is 0 Å². The van der Waals surface area contributed by atoms with Gasteiger partial charge in [-0.15, -0.1) is 0 Å². The Balaban J connectivity index is 4.05. The summed E-state index contributed by atoms with van der Waals surface area (Å²) in [6, 6.07) is 0. The molecular formula is C8H15NO4. The molecule has 0 aliphatic rings. The van der Waals surface area contributed by atoms with Crippen molar-refractivity contribution >= 4 is 11.9 Å². The van der Waals surface area contributed by atoms with E-state index in [-0.39, 0.29) is 0 Å². The van der Waals surface area contributed by atoms with Crippen LogP contribution in [0, 0.1) is 5.41 Å². The molecule has 5 heteroatoms. The van der Waals surface area contributed by atoms with Gasteiger partial charge in [0.2, 0.25) is 5.91 Å². The number of carbonyl (C=O) groups excluding carboxylic acids is 1. The second-order valence-electron chi connectivity index (χ2n) is 3.88. The van der Waals surface area contributed by atoms with Crippen LogP contribution in [-0.4, -0.2) is 34.7 Å². The third kappa shape index (κ3) is 4.47. The van der Waals surface area contributed by atoms with Gasteiger partial charge in [-0.2, -0.15) is 0 Å². The fourth-order valence-electron chi connectivity index (χ4n) is 0.653. The molecule has 0 saturated heterocycles. The number of carboxylic acid groups (broad SMARTS) is 1. The molecule has 0 rings (SSSR count). The van der Waals surface area contributed by atoms with Crippen LogP contribution in [0.1, 0.15) is 20.8 Å². The van der Waals surface area contributed by atoms with Gasteiger partial charge in [-0.25, -0.2) is 0 Å². The molecule has 0 aromatic heterocycles. The van der Waals surface area contributed by atoms with Crippen LogP contribution < -0.4 is 5.32 Å². The van der Waals surface area contributed by atoms with Crippen LogP contribution in [0.4, 0.5) is 0 Å². The van der Waals surface area contributed by atoms with Crippen molar-refractivity contribution in [1.82, 2.24) is 5.32 Å². The maximum atomic E-state index is 11.1. The lowest BCUT2D eigenvalue weighted by Crippen LogP contribution is -2.44. The summed E-state index contributed by atoms with van der Waals surface area (Å²) in [4.78, 5) is 21.1. The molecule has 0 aromatic rings. The molecule has 13 heavy (non-hydrogen) atoms. The van der Waals surface area contributed by atoms with Gasteiger partial charge in [-0.3, -0.25) is 9.59 Å². The van der Waals surface area contributed by atoms with Crippen molar-refractivity contribution in [1.29, 1.82) is 0 Å². The zero-order chi connectivity index (χ0) is 10.6. The van der Waals surface area contributed by atoms with E-state index in [0.717, 1.165) is 0 Å². The highest BCUT2D eigenvalue weighted by Gasteiger charge is 2.28. The average Bonchev–Trinajstić information content (AvgIpc) is 1.96. The molecule has 0 unspecified atom stereocenters. The molecule has 1 atom stereocenters. The number of aliphatic carboxylic acids is 1. The number of carboxylic acids is 1. The van der Waals surface area contributed by atoms with Crippen LogP contribution in [0.15, 0.2) is 0 Å². The van der Waals surface area contributed by atoms with E-state index in [2.05, 4.69) is 5.32 Å². The van der Waals surface area contributed by atoms with E-state index in [9.17, 15) is 14.7 Å². The Labute approximate surface area is 76.8 Å². The van der Waals surface area contributed by atoms with Crippen LogP contribution in [0.3, 0.4) is 0 Å². The average molecular weight is 189 g/mol. The second kappa shape index (κ2) is 4.23. The zero-order valence-electron chi connectivity index (χ0n) is 8.00. The summed E-state index contributed by atoms with van der Waals surface area (Å²) in [7, 11) is 0. The molecule has 0 aromatic carbocycles. The van der Waals surface area contributed by atoms with Crippen LogP contribution in [0.25, 0.3) is 0 Å². The quantitative estimate of drug-likeness (QED) is 0.563. The first-order chi connectivity index (χ1) is 5.75. The third-order valence-electron chi connectivity index (χ3n) is 1.48. The largest absolute Gasteiger partial charge is 0.480 e. The Kier molecular flexibility index (Phi) is 3.87. The molecule has 0 aliphatic heterocycles. The molecule has 0 spiro atoms. The first-order valence-electron chi connectivity index (χ1n) is 3.92. The summed E-state index contributed by atoms with van der Waals surface area (Å²) in [6.45, 7) is 4.61. The molecule has 0 bridgehead atoms. The molecule has 76 valence electrons.